The van der Waals surface area contributed by atoms with Crippen LogP contribution < -0.4 is 0 Å². The van der Waals surface area contributed by atoms with Gasteiger partial charge >= 0.3 is 7.87 Å². The smallest absolute Gasteiger partial charge is 0.139 e. The van der Waals surface area contributed by atoms with Crippen LogP contribution in [-0.4, -0.2) is 72.0 Å². The highest BCUT2D eigenvalue weighted by Crippen LogP contribution is 2.69. The summed E-state index contributed by atoms with van der Waals surface area (Å²) in [7, 11) is 3.05. The van der Waals surface area contributed by atoms with Gasteiger partial charge in [-0.05, 0) is 38.5 Å². The maximum Gasteiger partial charge on any atom is 0.308 e. The molecule has 0 aliphatic rings. The minimum atomic E-state index is -1.74. The summed E-state index contributed by atoms with van der Waals surface area (Å²) >= 11 is 0. The van der Waals surface area contributed by atoms with Crippen LogP contribution in [0.2, 0.25) is 0 Å². The maximum atomic E-state index is 2.98. The number of hydrogen-bond acceptors (Lipinski definition) is 4. The summed E-state index contributed by atoms with van der Waals surface area (Å²) in [4.78, 5) is 0. The van der Waals surface area contributed by atoms with Crippen LogP contribution in [0.25, 0.3) is 0 Å². The molecule has 0 saturated carbocycles. The van der Waals surface area contributed by atoms with E-state index in [2.05, 4.69) is 74.3 Å². The second kappa shape index (κ2) is 19.7. The third-order valence-electron chi connectivity index (χ3n) is 6.29. The largest absolute Gasteiger partial charge is 0.308 e. The van der Waals surface area contributed by atoms with Gasteiger partial charge in [-0.3, -0.25) is 0 Å². The number of nitrogens with zero attached hydrogens (tertiary/aromatic N) is 4. The SMILES string of the molecule is CCCCN(CCCC)[P+](N(C)C)(N(CCCC)CCCC)N(CCCC)CCCC. The molecule has 0 N–H and O–H groups in total. The Balaban J connectivity index is 6.52. The predicted molar refractivity (Wildman–Crippen MR) is 145 cm³/mol. The molecular formula is C26H60N4P+. The summed E-state index contributed by atoms with van der Waals surface area (Å²) in [5.41, 5.74) is 0. The van der Waals surface area contributed by atoms with E-state index in [1.807, 2.05) is 0 Å². The van der Waals surface area contributed by atoms with Gasteiger partial charge in [-0.2, -0.15) is 0 Å². The van der Waals surface area contributed by atoms with E-state index in [1.54, 1.807) is 0 Å². The van der Waals surface area contributed by atoms with Crippen molar-refractivity contribution in [3.8, 4) is 0 Å². The Hall–Kier alpha value is 0.270. The molecule has 0 heterocycles. The Morgan fingerprint density at radius 3 is 0.710 bits per heavy atom. The zero-order chi connectivity index (χ0) is 23.5. The normalized spacial score (nSPS) is 12.8. The van der Waals surface area contributed by atoms with Crippen LogP contribution in [0.5, 0.6) is 0 Å². The van der Waals surface area contributed by atoms with Gasteiger partial charge in [0.2, 0.25) is 0 Å². The zero-order valence-electron chi connectivity index (χ0n) is 23.0. The highest BCUT2D eigenvalue weighted by atomic mass is 31.2. The van der Waals surface area contributed by atoms with Crippen molar-refractivity contribution < 1.29 is 0 Å². The standard InChI is InChI=1S/C26H60N4P/c1-9-15-21-28(22-16-10-2)31(27(7)8,29(23-17-11-3)24-18-12-4)30(25-19-13-5)26-20-14-6/h9-26H2,1-8H3/q+1. The molecule has 0 aliphatic heterocycles. The van der Waals surface area contributed by atoms with Crippen molar-refractivity contribution in [2.75, 3.05) is 53.4 Å². The van der Waals surface area contributed by atoms with Gasteiger partial charge in [-0.1, -0.05) is 80.1 Å². The predicted octanol–water partition coefficient (Wildman–Crippen LogP) is 7.93. The van der Waals surface area contributed by atoms with E-state index in [1.165, 1.54) is 116 Å². The monoisotopic (exact) mass is 459 g/mol. The van der Waals surface area contributed by atoms with E-state index >= 15 is 0 Å². The summed E-state index contributed by atoms with van der Waals surface area (Å²) in [6.45, 7) is 21.6. The van der Waals surface area contributed by atoms with Crippen LogP contribution in [0.4, 0.5) is 0 Å². The molecule has 0 rings (SSSR count). The van der Waals surface area contributed by atoms with E-state index in [-0.39, 0.29) is 0 Å². The Morgan fingerprint density at radius 2 is 0.581 bits per heavy atom. The van der Waals surface area contributed by atoms with Crippen LogP contribution in [0, 0.1) is 0 Å². The fourth-order valence-electron chi connectivity index (χ4n) is 4.48. The van der Waals surface area contributed by atoms with Gasteiger partial charge < -0.3 is 0 Å². The maximum absolute atomic E-state index is 2.98. The first-order valence-electron chi connectivity index (χ1n) is 13.8. The number of rotatable bonds is 22. The lowest BCUT2D eigenvalue weighted by Crippen LogP contribution is -2.52. The number of unbranched alkanes of at least 4 members (excludes halogenated alkanes) is 6. The van der Waals surface area contributed by atoms with Gasteiger partial charge in [-0.25, -0.2) is 0 Å². The Labute approximate surface area is 198 Å². The fraction of sp³-hybridized carbons (Fsp3) is 1.00. The van der Waals surface area contributed by atoms with E-state index < -0.39 is 7.87 Å². The minimum Gasteiger partial charge on any atom is -0.139 e. The lowest BCUT2D eigenvalue weighted by molar-refractivity contribution is 0.246. The Kier molecular flexibility index (Phi) is 19.9. The van der Waals surface area contributed by atoms with Crippen molar-refractivity contribution in [1.82, 2.24) is 18.7 Å². The lowest BCUT2D eigenvalue weighted by atomic mass is 10.3. The van der Waals surface area contributed by atoms with Gasteiger partial charge in [-0.15, -0.1) is 18.7 Å². The second-order valence-corrected chi connectivity index (χ2v) is 12.9. The van der Waals surface area contributed by atoms with Gasteiger partial charge in [0, 0.05) is 53.4 Å². The molecule has 188 valence electrons. The van der Waals surface area contributed by atoms with Crippen molar-refractivity contribution in [1.29, 1.82) is 0 Å². The Morgan fingerprint density at radius 1 is 0.387 bits per heavy atom. The van der Waals surface area contributed by atoms with Crippen molar-refractivity contribution in [2.24, 2.45) is 0 Å². The molecule has 0 atom stereocenters. The summed E-state index contributed by atoms with van der Waals surface area (Å²) in [6, 6.07) is 0. The molecule has 0 unspecified atom stereocenters. The molecule has 0 radical (unpaired) electrons. The van der Waals surface area contributed by atoms with Gasteiger partial charge in [0.1, 0.15) is 0 Å². The van der Waals surface area contributed by atoms with E-state index in [0.29, 0.717) is 0 Å². The van der Waals surface area contributed by atoms with E-state index in [0.717, 1.165) is 0 Å². The molecule has 5 heteroatoms. The second-order valence-electron chi connectivity index (χ2n) is 9.37. The molecule has 0 aromatic heterocycles. The van der Waals surface area contributed by atoms with Gasteiger partial charge in [0.15, 0.2) is 0 Å². The third kappa shape index (κ3) is 10.4. The molecule has 0 spiro atoms. The molecule has 0 aromatic rings. The van der Waals surface area contributed by atoms with Crippen molar-refractivity contribution in [2.45, 2.75) is 119 Å². The summed E-state index contributed by atoms with van der Waals surface area (Å²) < 4.78 is 11.6. The lowest BCUT2D eigenvalue weighted by Gasteiger charge is -2.50. The van der Waals surface area contributed by atoms with Crippen LogP contribution in [0.1, 0.15) is 119 Å². The van der Waals surface area contributed by atoms with Crippen molar-refractivity contribution in [3.05, 3.63) is 0 Å². The molecule has 0 fully saturated rings. The molecule has 0 amide bonds. The van der Waals surface area contributed by atoms with Crippen molar-refractivity contribution >= 4 is 7.87 Å². The fourth-order valence-corrected chi connectivity index (χ4v) is 9.53. The van der Waals surface area contributed by atoms with Crippen LogP contribution in [-0.2, 0) is 0 Å². The molecule has 4 nitrogen and oxygen atoms in total. The summed E-state index contributed by atoms with van der Waals surface area (Å²) in [5.74, 6) is 0. The molecule has 31 heavy (non-hydrogen) atoms. The van der Waals surface area contributed by atoms with Gasteiger partial charge in [0.05, 0.1) is 0 Å². The van der Waals surface area contributed by atoms with Crippen LogP contribution in [0.15, 0.2) is 0 Å². The van der Waals surface area contributed by atoms with E-state index in [9.17, 15) is 0 Å². The number of hydrogen-bond donors (Lipinski definition) is 0. The Bertz CT molecular complexity index is 317. The third-order valence-corrected chi connectivity index (χ3v) is 10.8. The average molecular weight is 460 g/mol. The molecule has 0 aromatic carbocycles. The molecule has 0 aliphatic carbocycles. The highest BCUT2D eigenvalue weighted by Gasteiger charge is 2.58. The quantitative estimate of drug-likeness (QED) is 0.152. The highest BCUT2D eigenvalue weighted by molar-refractivity contribution is 7.66. The summed E-state index contributed by atoms with van der Waals surface area (Å²) in [5, 5.41) is 0. The molecular weight excluding hydrogens is 399 g/mol. The zero-order valence-corrected chi connectivity index (χ0v) is 23.9. The first-order valence-corrected chi connectivity index (χ1v) is 15.4. The van der Waals surface area contributed by atoms with Gasteiger partial charge in [0.25, 0.3) is 0 Å². The first-order chi connectivity index (χ1) is 15.0. The van der Waals surface area contributed by atoms with E-state index in [4.69, 9.17) is 0 Å². The summed E-state index contributed by atoms with van der Waals surface area (Å²) in [6.07, 6.45) is 15.5. The minimum absolute atomic E-state index is 1.24. The molecule has 0 bridgehead atoms. The van der Waals surface area contributed by atoms with Crippen LogP contribution >= 0.6 is 7.87 Å². The first kappa shape index (κ1) is 31.3. The average Bonchev–Trinajstić information content (AvgIpc) is 2.77. The molecule has 0 saturated heterocycles. The van der Waals surface area contributed by atoms with Crippen LogP contribution in [0.3, 0.4) is 0 Å². The topological polar surface area (TPSA) is 13.0 Å². The van der Waals surface area contributed by atoms with Crippen molar-refractivity contribution in [3.63, 3.8) is 0 Å².